The molecule has 1 aliphatic rings. The molecule has 0 saturated heterocycles. The fraction of sp³-hybridized carbons (Fsp3) is 0.133. The summed E-state index contributed by atoms with van der Waals surface area (Å²) in [5, 5.41) is 25.7. The Bertz CT molecular complexity index is 824. The topological polar surface area (TPSA) is 87.8 Å². The Labute approximate surface area is 141 Å². The zero-order valence-corrected chi connectivity index (χ0v) is 13.2. The van der Waals surface area contributed by atoms with E-state index in [-0.39, 0.29) is 22.5 Å². The summed E-state index contributed by atoms with van der Waals surface area (Å²) < 4.78 is 0. The summed E-state index contributed by atoms with van der Waals surface area (Å²) in [5.41, 5.74) is 4.72. The van der Waals surface area contributed by atoms with Gasteiger partial charge in [-0.15, -0.1) is 0 Å². The summed E-state index contributed by atoms with van der Waals surface area (Å²) in [6.45, 7) is 0. The van der Waals surface area contributed by atoms with Crippen LogP contribution in [0.1, 0.15) is 23.6 Å². The standard InChI is InChI=1S/C15H11Cl2N3O3/c16-9-5-11(15(21)12(17)6-9)14-7-13(18-19-14)8-2-1-3-10(4-8)20(22)23/h1-6,13,18,21H,7H2. The highest BCUT2D eigenvalue weighted by Gasteiger charge is 2.25. The van der Waals surface area contributed by atoms with Crippen molar-refractivity contribution in [2.24, 2.45) is 5.10 Å². The van der Waals surface area contributed by atoms with E-state index in [9.17, 15) is 15.2 Å². The molecule has 0 aromatic heterocycles. The molecule has 2 N–H and O–H groups in total. The van der Waals surface area contributed by atoms with Crippen LogP contribution in [-0.4, -0.2) is 15.7 Å². The first-order valence-corrected chi connectivity index (χ1v) is 7.46. The van der Waals surface area contributed by atoms with Crippen LogP contribution in [0.5, 0.6) is 5.75 Å². The van der Waals surface area contributed by atoms with Crippen molar-refractivity contribution in [1.29, 1.82) is 0 Å². The Balaban J connectivity index is 1.86. The minimum absolute atomic E-state index is 0.0198. The summed E-state index contributed by atoms with van der Waals surface area (Å²) >= 11 is 11.9. The summed E-state index contributed by atoms with van der Waals surface area (Å²) in [4.78, 5) is 10.4. The smallest absolute Gasteiger partial charge is 0.269 e. The molecule has 1 aliphatic heterocycles. The summed E-state index contributed by atoms with van der Waals surface area (Å²) in [5.74, 6) is -0.0868. The number of non-ortho nitro benzene ring substituents is 1. The van der Waals surface area contributed by atoms with Crippen LogP contribution in [0, 0.1) is 10.1 Å². The van der Waals surface area contributed by atoms with E-state index in [4.69, 9.17) is 23.2 Å². The predicted molar refractivity (Wildman–Crippen MR) is 88.3 cm³/mol. The summed E-state index contributed by atoms with van der Waals surface area (Å²) in [7, 11) is 0. The third-order valence-electron chi connectivity index (χ3n) is 3.58. The molecule has 2 aromatic rings. The number of phenols is 1. The number of hydrazone groups is 1. The van der Waals surface area contributed by atoms with Crippen molar-refractivity contribution in [2.45, 2.75) is 12.5 Å². The van der Waals surface area contributed by atoms with E-state index in [0.717, 1.165) is 5.56 Å². The van der Waals surface area contributed by atoms with Crippen molar-refractivity contribution in [1.82, 2.24) is 5.43 Å². The van der Waals surface area contributed by atoms with Gasteiger partial charge < -0.3 is 10.5 Å². The molecule has 1 heterocycles. The second kappa shape index (κ2) is 6.06. The molecule has 0 amide bonds. The fourth-order valence-electron chi connectivity index (χ4n) is 2.44. The summed E-state index contributed by atoms with van der Waals surface area (Å²) in [6, 6.07) is 9.16. The predicted octanol–water partition coefficient (Wildman–Crippen LogP) is 4.05. The lowest BCUT2D eigenvalue weighted by molar-refractivity contribution is -0.384. The number of rotatable bonds is 3. The van der Waals surface area contributed by atoms with Crippen molar-refractivity contribution < 1.29 is 10.0 Å². The first kappa shape index (κ1) is 15.6. The average molecular weight is 352 g/mol. The molecule has 0 saturated carbocycles. The molecule has 1 unspecified atom stereocenters. The van der Waals surface area contributed by atoms with Crippen LogP contribution in [0.3, 0.4) is 0 Å². The molecule has 0 spiro atoms. The molecule has 3 rings (SSSR count). The van der Waals surface area contributed by atoms with Gasteiger partial charge in [0.15, 0.2) is 0 Å². The normalized spacial score (nSPS) is 16.8. The Morgan fingerprint density at radius 2 is 2.09 bits per heavy atom. The Hall–Kier alpha value is -2.31. The molecule has 0 aliphatic carbocycles. The van der Waals surface area contributed by atoms with Crippen LogP contribution in [0.4, 0.5) is 5.69 Å². The zero-order valence-electron chi connectivity index (χ0n) is 11.7. The lowest BCUT2D eigenvalue weighted by Crippen LogP contribution is -2.10. The molecule has 23 heavy (non-hydrogen) atoms. The minimum Gasteiger partial charge on any atom is -0.506 e. The highest BCUT2D eigenvalue weighted by Crippen LogP contribution is 2.35. The van der Waals surface area contributed by atoms with Gasteiger partial charge in [0, 0.05) is 29.1 Å². The summed E-state index contributed by atoms with van der Waals surface area (Å²) in [6.07, 6.45) is 0.450. The van der Waals surface area contributed by atoms with E-state index in [1.54, 1.807) is 18.2 Å². The molecule has 6 nitrogen and oxygen atoms in total. The fourth-order valence-corrected chi connectivity index (χ4v) is 2.94. The maximum atomic E-state index is 10.9. The average Bonchev–Trinajstić information content (AvgIpc) is 3.00. The van der Waals surface area contributed by atoms with E-state index in [2.05, 4.69) is 10.5 Å². The molecular formula is C15H11Cl2N3O3. The molecular weight excluding hydrogens is 341 g/mol. The van der Waals surface area contributed by atoms with Gasteiger partial charge >= 0.3 is 0 Å². The van der Waals surface area contributed by atoms with Crippen LogP contribution < -0.4 is 5.43 Å². The highest BCUT2D eigenvalue weighted by atomic mass is 35.5. The monoisotopic (exact) mass is 351 g/mol. The maximum absolute atomic E-state index is 10.9. The Morgan fingerprint density at radius 3 is 2.83 bits per heavy atom. The van der Waals surface area contributed by atoms with Crippen molar-refractivity contribution in [3.63, 3.8) is 0 Å². The zero-order chi connectivity index (χ0) is 16.6. The highest BCUT2D eigenvalue weighted by molar-refractivity contribution is 6.36. The molecule has 8 heteroatoms. The third-order valence-corrected chi connectivity index (χ3v) is 4.08. The lowest BCUT2D eigenvalue weighted by Gasteiger charge is -2.10. The molecule has 118 valence electrons. The number of hydrogen-bond acceptors (Lipinski definition) is 5. The number of hydrogen-bond donors (Lipinski definition) is 2. The van der Waals surface area contributed by atoms with Crippen LogP contribution in [-0.2, 0) is 0 Å². The quantitative estimate of drug-likeness (QED) is 0.644. The number of phenolic OH excluding ortho intramolecular Hbond substituents is 1. The van der Waals surface area contributed by atoms with Crippen molar-refractivity contribution in [3.05, 3.63) is 67.7 Å². The van der Waals surface area contributed by atoms with Gasteiger partial charge in [0.05, 0.1) is 21.7 Å². The van der Waals surface area contributed by atoms with Crippen LogP contribution in [0.15, 0.2) is 41.5 Å². The molecule has 2 aromatic carbocycles. The van der Waals surface area contributed by atoms with E-state index in [0.29, 0.717) is 22.7 Å². The second-order valence-electron chi connectivity index (χ2n) is 5.08. The number of aromatic hydroxyl groups is 1. The van der Waals surface area contributed by atoms with Crippen LogP contribution >= 0.6 is 23.2 Å². The number of benzene rings is 2. The number of nitrogens with zero attached hydrogens (tertiary/aromatic N) is 2. The third kappa shape index (κ3) is 3.09. The van der Waals surface area contributed by atoms with Gasteiger partial charge in [0.1, 0.15) is 5.75 Å². The van der Waals surface area contributed by atoms with Crippen LogP contribution in [0.2, 0.25) is 10.0 Å². The largest absolute Gasteiger partial charge is 0.506 e. The SMILES string of the molecule is O=[N+]([O-])c1cccc(C2CC(c3cc(Cl)cc(Cl)c3O)=NN2)c1. The number of halogens is 2. The maximum Gasteiger partial charge on any atom is 0.269 e. The van der Waals surface area contributed by atoms with Gasteiger partial charge in [-0.25, -0.2) is 0 Å². The van der Waals surface area contributed by atoms with Gasteiger partial charge in [-0.3, -0.25) is 10.1 Å². The first-order chi connectivity index (χ1) is 11.0. The van der Waals surface area contributed by atoms with Gasteiger partial charge in [-0.05, 0) is 17.7 Å². The van der Waals surface area contributed by atoms with Gasteiger partial charge in [-0.2, -0.15) is 5.10 Å². The molecule has 0 bridgehead atoms. The molecule has 0 fully saturated rings. The van der Waals surface area contributed by atoms with E-state index in [1.807, 2.05) is 0 Å². The Kier molecular flexibility index (Phi) is 4.11. The van der Waals surface area contributed by atoms with Gasteiger partial charge in [0.2, 0.25) is 0 Å². The number of nitro benzene ring substituents is 1. The lowest BCUT2D eigenvalue weighted by atomic mass is 9.98. The first-order valence-electron chi connectivity index (χ1n) is 6.70. The van der Waals surface area contributed by atoms with Gasteiger partial charge in [0.25, 0.3) is 5.69 Å². The Morgan fingerprint density at radius 1 is 1.30 bits per heavy atom. The van der Waals surface area contributed by atoms with E-state index >= 15 is 0 Å². The number of nitrogens with one attached hydrogen (secondary N) is 1. The second-order valence-corrected chi connectivity index (χ2v) is 5.92. The van der Waals surface area contributed by atoms with Crippen LogP contribution in [0.25, 0.3) is 0 Å². The molecule has 0 radical (unpaired) electrons. The van der Waals surface area contributed by atoms with Crippen molar-refractivity contribution in [2.75, 3.05) is 0 Å². The number of nitro groups is 1. The van der Waals surface area contributed by atoms with Crippen molar-refractivity contribution >= 4 is 34.6 Å². The van der Waals surface area contributed by atoms with E-state index < -0.39 is 4.92 Å². The van der Waals surface area contributed by atoms with E-state index in [1.165, 1.54) is 18.2 Å². The van der Waals surface area contributed by atoms with Gasteiger partial charge in [-0.1, -0.05) is 35.3 Å². The minimum atomic E-state index is -0.442. The van der Waals surface area contributed by atoms with Crippen molar-refractivity contribution in [3.8, 4) is 5.75 Å². The molecule has 1 atom stereocenters.